The highest BCUT2D eigenvalue weighted by Gasteiger charge is 2.29. The van der Waals surface area contributed by atoms with Crippen LogP contribution >= 0.6 is 11.3 Å². The quantitative estimate of drug-likeness (QED) is 0.261. The summed E-state index contributed by atoms with van der Waals surface area (Å²) in [6.45, 7) is 9.22. The van der Waals surface area contributed by atoms with Crippen LogP contribution in [-0.4, -0.2) is 39.1 Å². The van der Waals surface area contributed by atoms with Gasteiger partial charge < -0.3 is 4.90 Å². The predicted octanol–water partition coefficient (Wildman–Crippen LogP) is 4.77. The van der Waals surface area contributed by atoms with Crippen LogP contribution in [0.3, 0.4) is 0 Å². The highest BCUT2D eigenvalue weighted by atomic mass is 32.1. The summed E-state index contributed by atoms with van der Waals surface area (Å²) in [5.41, 5.74) is 5.49. The van der Waals surface area contributed by atoms with Crippen molar-refractivity contribution in [3.8, 4) is 11.3 Å². The lowest BCUT2D eigenvalue weighted by Crippen LogP contribution is -2.08. The van der Waals surface area contributed by atoms with Crippen LogP contribution in [0.4, 0.5) is 5.69 Å². The maximum atomic E-state index is 13.2. The van der Waals surface area contributed by atoms with Gasteiger partial charge in [0.15, 0.2) is 4.96 Å². The summed E-state index contributed by atoms with van der Waals surface area (Å²) in [4.78, 5) is 31.8. The molecule has 0 saturated carbocycles. The topological polar surface area (TPSA) is 80.8 Å². The number of nitro benzene ring substituents is 1. The molecule has 1 aromatic carbocycles. The van der Waals surface area contributed by atoms with E-state index in [0.29, 0.717) is 33.0 Å². The van der Waals surface area contributed by atoms with Crippen molar-refractivity contribution in [1.82, 2.24) is 14.3 Å². The van der Waals surface area contributed by atoms with Gasteiger partial charge >= 0.3 is 0 Å². The van der Waals surface area contributed by atoms with Gasteiger partial charge in [-0.3, -0.25) is 19.3 Å². The van der Waals surface area contributed by atoms with Crippen molar-refractivity contribution in [2.24, 2.45) is 0 Å². The van der Waals surface area contributed by atoms with Gasteiger partial charge in [-0.1, -0.05) is 0 Å². The van der Waals surface area contributed by atoms with Crippen molar-refractivity contribution in [3.63, 3.8) is 0 Å². The van der Waals surface area contributed by atoms with Gasteiger partial charge in [0, 0.05) is 54.1 Å². The van der Waals surface area contributed by atoms with E-state index in [1.807, 2.05) is 44.6 Å². The van der Waals surface area contributed by atoms with Gasteiger partial charge in [0.25, 0.3) is 5.69 Å². The molecule has 2 aromatic heterocycles. The minimum absolute atomic E-state index is 0.0819. The average molecular weight is 413 g/mol. The van der Waals surface area contributed by atoms with Crippen LogP contribution in [0, 0.1) is 44.7 Å². The molecular weight excluding hydrogens is 388 g/mol. The van der Waals surface area contributed by atoms with Crippen LogP contribution < -0.4 is 0 Å². The summed E-state index contributed by atoms with van der Waals surface area (Å²) in [5.74, 6) is -0.192. The molecule has 0 atom stereocenters. The molecule has 8 heteroatoms. The molecule has 0 N–H and O–H groups in total. The molecule has 152 valence electrons. The molecule has 7 nitrogen and oxygen atoms in total. The molecule has 0 fully saturated rings. The van der Waals surface area contributed by atoms with Crippen LogP contribution in [-0.2, 0) is 0 Å². The van der Waals surface area contributed by atoms with Gasteiger partial charge in [-0.15, -0.1) is 11.3 Å². The van der Waals surface area contributed by atoms with Crippen molar-refractivity contribution in [3.05, 3.63) is 61.4 Å². The third-order valence-electron chi connectivity index (χ3n) is 5.30. The lowest BCUT2D eigenvalue weighted by molar-refractivity contribution is -0.386. The van der Waals surface area contributed by atoms with Crippen molar-refractivity contribution < 1.29 is 9.72 Å². The lowest BCUT2D eigenvalue weighted by Gasteiger charge is -2.15. The van der Waals surface area contributed by atoms with E-state index in [2.05, 4.69) is 0 Å². The van der Waals surface area contributed by atoms with E-state index in [4.69, 9.17) is 4.98 Å². The number of aromatic nitrogens is 2. The maximum Gasteiger partial charge on any atom is 0.276 e. The van der Waals surface area contributed by atoms with Crippen LogP contribution in [0.1, 0.15) is 38.4 Å². The van der Waals surface area contributed by atoms with Crippen molar-refractivity contribution in [2.45, 2.75) is 34.6 Å². The van der Waals surface area contributed by atoms with Crippen molar-refractivity contribution in [1.29, 1.82) is 0 Å². The number of rotatable bonds is 5. The first kappa shape index (κ1) is 20.7. The number of ketones is 1. The molecule has 3 rings (SSSR count). The molecule has 0 aliphatic heterocycles. The van der Waals surface area contributed by atoms with E-state index >= 15 is 0 Å². The molecule has 3 aromatic rings. The van der Waals surface area contributed by atoms with Gasteiger partial charge in [0.2, 0.25) is 5.78 Å². The molecule has 2 heterocycles. The zero-order chi connectivity index (χ0) is 21.6. The standard InChI is InChI=1S/C21H24N4O3S/c1-11-10-29-21-22-18(20(24(11)21)16(26)8-9-23(6)7)17-13(3)12(2)14(4)19(15(17)5)25(27)28/h8-10H,1-7H3/b9-8+. The van der Waals surface area contributed by atoms with E-state index in [0.717, 1.165) is 16.8 Å². The number of fused-ring (bicyclic) bond motifs is 1. The number of nitrogens with zero attached hydrogens (tertiary/aromatic N) is 4. The summed E-state index contributed by atoms with van der Waals surface area (Å²) >= 11 is 1.45. The molecular formula is C21H24N4O3S. The number of allylic oxidation sites excluding steroid dienone is 1. The van der Waals surface area contributed by atoms with E-state index in [1.54, 1.807) is 24.9 Å². The van der Waals surface area contributed by atoms with Gasteiger partial charge in [0.1, 0.15) is 11.4 Å². The van der Waals surface area contributed by atoms with Crippen LogP contribution in [0.15, 0.2) is 17.7 Å². The smallest absolute Gasteiger partial charge is 0.276 e. The molecule has 0 radical (unpaired) electrons. The second-order valence-corrected chi connectivity index (χ2v) is 8.26. The fraction of sp³-hybridized carbons (Fsp3) is 0.333. The molecule has 29 heavy (non-hydrogen) atoms. The summed E-state index contributed by atoms with van der Waals surface area (Å²) in [6.07, 6.45) is 3.19. The Morgan fingerprint density at radius 3 is 2.38 bits per heavy atom. The number of carbonyl (C=O) groups excluding carboxylic acids is 1. The van der Waals surface area contributed by atoms with E-state index in [9.17, 15) is 14.9 Å². The van der Waals surface area contributed by atoms with Crippen molar-refractivity contribution in [2.75, 3.05) is 14.1 Å². The first-order valence-corrected chi connectivity index (χ1v) is 10.0. The van der Waals surface area contributed by atoms with Crippen molar-refractivity contribution >= 4 is 27.8 Å². The number of carbonyl (C=O) groups is 1. The monoisotopic (exact) mass is 412 g/mol. The summed E-state index contributed by atoms with van der Waals surface area (Å²) < 4.78 is 1.84. The molecule has 0 unspecified atom stereocenters. The van der Waals surface area contributed by atoms with Crippen LogP contribution in [0.25, 0.3) is 16.2 Å². The van der Waals surface area contributed by atoms with Gasteiger partial charge in [0.05, 0.1) is 4.92 Å². The second kappa shape index (κ2) is 7.44. The van der Waals surface area contributed by atoms with Crippen LogP contribution in [0.5, 0.6) is 0 Å². The normalized spacial score (nSPS) is 11.6. The first-order valence-electron chi connectivity index (χ1n) is 9.16. The second-order valence-electron chi connectivity index (χ2n) is 7.43. The van der Waals surface area contributed by atoms with Gasteiger partial charge in [-0.25, -0.2) is 4.98 Å². The third kappa shape index (κ3) is 3.33. The average Bonchev–Trinajstić information content (AvgIpc) is 3.17. The highest BCUT2D eigenvalue weighted by Crippen LogP contribution is 2.40. The number of benzene rings is 1. The Hall–Kier alpha value is -3.00. The zero-order valence-corrected chi connectivity index (χ0v) is 18.5. The summed E-state index contributed by atoms with van der Waals surface area (Å²) in [5, 5.41) is 13.7. The Kier molecular flexibility index (Phi) is 5.32. The Balaban J connectivity index is 2.42. The number of hydrogen-bond acceptors (Lipinski definition) is 6. The van der Waals surface area contributed by atoms with E-state index < -0.39 is 0 Å². The Bertz CT molecular complexity index is 1180. The number of hydrogen-bond donors (Lipinski definition) is 0. The number of nitro groups is 1. The Morgan fingerprint density at radius 2 is 1.79 bits per heavy atom. The SMILES string of the molecule is Cc1c(C)c(-c2nc3scc(C)n3c2C(=O)/C=C/N(C)C)c(C)c([N+](=O)[O-])c1C. The molecule has 0 amide bonds. The summed E-state index contributed by atoms with van der Waals surface area (Å²) in [7, 11) is 3.68. The molecule has 0 spiro atoms. The number of imidazole rings is 1. The first-order chi connectivity index (χ1) is 13.6. The molecule has 0 aliphatic rings. The van der Waals surface area contributed by atoms with Gasteiger partial charge in [-0.05, 0) is 45.7 Å². The Labute approximate surface area is 173 Å². The summed E-state index contributed by atoms with van der Waals surface area (Å²) in [6, 6.07) is 0. The largest absolute Gasteiger partial charge is 0.383 e. The molecule has 0 bridgehead atoms. The minimum atomic E-state index is -0.349. The fourth-order valence-electron chi connectivity index (χ4n) is 3.65. The highest BCUT2D eigenvalue weighted by molar-refractivity contribution is 7.15. The molecule has 0 saturated heterocycles. The number of thiazole rings is 1. The third-order valence-corrected chi connectivity index (χ3v) is 6.24. The maximum absolute atomic E-state index is 13.2. The van der Waals surface area contributed by atoms with Crippen LogP contribution in [0.2, 0.25) is 0 Å². The zero-order valence-electron chi connectivity index (χ0n) is 17.7. The lowest BCUT2D eigenvalue weighted by atomic mass is 9.89. The van der Waals surface area contributed by atoms with E-state index in [1.165, 1.54) is 17.4 Å². The minimum Gasteiger partial charge on any atom is -0.383 e. The number of aryl methyl sites for hydroxylation is 1. The van der Waals surface area contributed by atoms with E-state index in [-0.39, 0.29) is 16.4 Å². The Morgan fingerprint density at radius 1 is 1.14 bits per heavy atom. The fourth-order valence-corrected chi connectivity index (χ4v) is 4.52. The predicted molar refractivity (Wildman–Crippen MR) is 116 cm³/mol. The van der Waals surface area contributed by atoms with Gasteiger partial charge in [-0.2, -0.15) is 0 Å². The molecule has 0 aliphatic carbocycles.